The highest BCUT2D eigenvalue weighted by Gasteiger charge is 2.39. The molecule has 1 aliphatic heterocycles. The molecule has 1 amide bonds. The molecule has 0 bridgehead atoms. The number of amides is 1. The van der Waals surface area contributed by atoms with Crippen molar-refractivity contribution in [3.63, 3.8) is 0 Å². The van der Waals surface area contributed by atoms with Gasteiger partial charge in [-0.3, -0.25) is 14.7 Å². The number of carbonyl (C=O) groups excluding carboxylic acids is 1. The van der Waals surface area contributed by atoms with Crippen LogP contribution in [0.2, 0.25) is 5.02 Å². The molecule has 1 aromatic carbocycles. The number of ether oxygens (including phenoxy) is 2. The van der Waals surface area contributed by atoms with Gasteiger partial charge in [0.2, 0.25) is 0 Å². The fraction of sp³-hybridized carbons (Fsp3) is 0.560. The van der Waals surface area contributed by atoms with Crippen LogP contribution in [-0.4, -0.2) is 52.9 Å². The van der Waals surface area contributed by atoms with E-state index in [1.54, 1.807) is 12.1 Å². The summed E-state index contributed by atoms with van der Waals surface area (Å²) in [7, 11) is 1.46. The highest BCUT2D eigenvalue weighted by molar-refractivity contribution is 8.18. The van der Waals surface area contributed by atoms with Crippen molar-refractivity contribution in [3.8, 4) is 11.5 Å². The Labute approximate surface area is 209 Å². The number of hydrogen-bond donors (Lipinski definition) is 1. The molecule has 3 fully saturated rings. The number of nitrogens with zero attached hydrogens (tertiary/aromatic N) is 2. The van der Waals surface area contributed by atoms with Gasteiger partial charge in [-0.1, -0.05) is 50.1 Å². The van der Waals surface area contributed by atoms with E-state index in [1.165, 1.54) is 44.6 Å². The Hall–Kier alpha value is -2.19. The molecule has 3 aliphatic rings. The van der Waals surface area contributed by atoms with E-state index in [0.29, 0.717) is 16.2 Å². The molecule has 1 aromatic rings. The van der Waals surface area contributed by atoms with Gasteiger partial charge >= 0.3 is 5.97 Å². The highest BCUT2D eigenvalue weighted by atomic mass is 35.5. The summed E-state index contributed by atoms with van der Waals surface area (Å²) in [5, 5.41) is 9.96. The molecule has 0 unspecified atom stereocenters. The quantitative estimate of drug-likeness (QED) is 0.474. The number of rotatable bonds is 7. The number of carboxylic acid groups (broad SMARTS) is 1. The Balaban J connectivity index is 1.63. The molecule has 2 saturated carbocycles. The summed E-state index contributed by atoms with van der Waals surface area (Å²) in [5.41, 5.74) is 0.683. The Morgan fingerprint density at radius 3 is 2.50 bits per heavy atom. The molecule has 7 nitrogen and oxygen atoms in total. The maximum atomic E-state index is 13.5. The zero-order chi connectivity index (χ0) is 24.1. The predicted molar refractivity (Wildman–Crippen MR) is 135 cm³/mol. The van der Waals surface area contributed by atoms with Crippen molar-refractivity contribution in [2.45, 2.75) is 76.3 Å². The van der Waals surface area contributed by atoms with E-state index < -0.39 is 12.6 Å². The van der Waals surface area contributed by atoms with Gasteiger partial charge < -0.3 is 14.6 Å². The fourth-order valence-corrected chi connectivity index (χ4v) is 6.24. The van der Waals surface area contributed by atoms with Crippen LogP contribution in [-0.2, 0) is 9.59 Å². The first-order valence-corrected chi connectivity index (χ1v) is 13.2. The van der Waals surface area contributed by atoms with Crippen LogP contribution in [0.25, 0.3) is 6.08 Å². The first-order chi connectivity index (χ1) is 16.5. The molecule has 0 spiro atoms. The zero-order valence-corrected chi connectivity index (χ0v) is 21.0. The van der Waals surface area contributed by atoms with Crippen LogP contribution in [0.1, 0.15) is 69.8 Å². The van der Waals surface area contributed by atoms with E-state index in [2.05, 4.69) is 0 Å². The normalized spacial score (nSPS) is 22.5. The SMILES string of the molecule is COc1cc(C=C2SC(=NC3CCCCC3)N(C3CCCCC3)C2=O)cc(Cl)c1OCC(=O)O. The van der Waals surface area contributed by atoms with Crippen LogP contribution in [0.15, 0.2) is 22.0 Å². The number of amidine groups is 1. The van der Waals surface area contributed by atoms with E-state index in [9.17, 15) is 9.59 Å². The highest BCUT2D eigenvalue weighted by Crippen LogP contribution is 2.41. The van der Waals surface area contributed by atoms with E-state index >= 15 is 0 Å². The number of carbonyl (C=O) groups is 2. The van der Waals surface area contributed by atoms with Crippen LogP contribution in [0.4, 0.5) is 0 Å². The lowest BCUT2D eigenvalue weighted by Gasteiger charge is -2.31. The number of aliphatic imine (C=N–C) groups is 1. The number of benzene rings is 1. The van der Waals surface area contributed by atoms with Crippen LogP contribution in [0.3, 0.4) is 0 Å². The Bertz CT molecular complexity index is 984. The molecule has 4 rings (SSSR count). The average Bonchev–Trinajstić information content (AvgIpc) is 3.13. The third-order valence-electron chi connectivity index (χ3n) is 6.53. The maximum absolute atomic E-state index is 13.5. The second kappa shape index (κ2) is 11.5. The van der Waals surface area contributed by atoms with Gasteiger partial charge in [0.05, 0.1) is 23.1 Å². The summed E-state index contributed by atoms with van der Waals surface area (Å²) < 4.78 is 10.7. The summed E-state index contributed by atoms with van der Waals surface area (Å²) in [6.07, 6.45) is 13.2. The molecule has 0 aromatic heterocycles. The van der Waals surface area contributed by atoms with Crippen molar-refractivity contribution in [1.29, 1.82) is 0 Å². The largest absolute Gasteiger partial charge is 0.493 e. The van der Waals surface area contributed by atoms with E-state index in [0.717, 1.165) is 43.7 Å². The lowest BCUT2D eigenvalue weighted by molar-refractivity contribution is -0.139. The van der Waals surface area contributed by atoms with Crippen molar-refractivity contribution in [2.24, 2.45) is 4.99 Å². The van der Waals surface area contributed by atoms with Gasteiger partial charge in [-0.25, -0.2) is 4.79 Å². The third-order valence-corrected chi connectivity index (χ3v) is 7.81. The number of halogens is 1. The van der Waals surface area contributed by atoms with Crippen molar-refractivity contribution >= 4 is 46.5 Å². The molecule has 34 heavy (non-hydrogen) atoms. The standard InChI is InChI=1S/C25H31ClN2O5S/c1-32-20-13-16(12-19(26)23(20)33-15-22(29)30)14-21-24(31)28(18-10-6-3-7-11-18)25(34-21)27-17-8-4-2-5-9-17/h12-14,17-18H,2-11,15H2,1H3,(H,29,30). The molecule has 2 aliphatic carbocycles. The van der Waals surface area contributed by atoms with Gasteiger partial charge in [-0.15, -0.1) is 0 Å². The molecule has 1 N–H and O–H groups in total. The van der Waals surface area contributed by atoms with Gasteiger partial charge in [0, 0.05) is 6.04 Å². The number of carboxylic acids is 1. The Morgan fingerprint density at radius 1 is 1.18 bits per heavy atom. The van der Waals surface area contributed by atoms with Gasteiger partial charge in [-0.05, 0) is 61.2 Å². The second-order valence-corrected chi connectivity index (χ2v) is 10.4. The number of aliphatic carboxylic acids is 1. The second-order valence-electron chi connectivity index (χ2n) is 9.00. The average molecular weight is 507 g/mol. The summed E-state index contributed by atoms with van der Waals surface area (Å²) in [4.78, 5) is 32.0. The minimum absolute atomic E-state index is 0.00671. The van der Waals surface area contributed by atoms with Gasteiger partial charge in [0.1, 0.15) is 0 Å². The van der Waals surface area contributed by atoms with Crippen LogP contribution >= 0.6 is 23.4 Å². The summed E-state index contributed by atoms with van der Waals surface area (Å²) in [5.74, 6) is -0.628. The molecule has 1 heterocycles. The summed E-state index contributed by atoms with van der Waals surface area (Å²) in [6.45, 7) is -0.526. The summed E-state index contributed by atoms with van der Waals surface area (Å²) in [6, 6.07) is 3.84. The van der Waals surface area contributed by atoms with Crippen molar-refractivity contribution < 1.29 is 24.2 Å². The molecular formula is C25H31ClN2O5S. The van der Waals surface area contributed by atoms with Crippen LogP contribution < -0.4 is 9.47 Å². The monoisotopic (exact) mass is 506 g/mol. The van der Waals surface area contributed by atoms with Gasteiger partial charge in [0.15, 0.2) is 23.3 Å². The van der Waals surface area contributed by atoms with Crippen molar-refractivity contribution in [1.82, 2.24) is 4.90 Å². The first kappa shape index (κ1) is 24.9. The lowest BCUT2D eigenvalue weighted by atomic mass is 9.94. The molecule has 9 heteroatoms. The number of hydrogen-bond acceptors (Lipinski definition) is 6. The molecule has 1 saturated heterocycles. The summed E-state index contributed by atoms with van der Waals surface area (Å²) >= 11 is 7.81. The zero-order valence-electron chi connectivity index (χ0n) is 19.4. The molecule has 184 valence electrons. The van der Waals surface area contributed by atoms with E-state index in [-0.39, 0.29) is 28.8 Å². The van der Waals surface area contributed by atoms with E-state index in [1.807, 2.05) is 11.0 Å². The molecular weight excluding hydrogens is 476 g/mol. The maximum Gasteiger partial charge on any atom is 0.341 e. The lowest BCUT2D eigenvalue weighted by Crippen LogP contribution is -2.41. The molecule has 0 radical (unpaired) electrons. The fourth-order valence-electron chi connectivity index (χ4n) is 4.85. The van der Waals surface area contributed by atoms with Crippen molar-refractivity contribution in [2.75, 3.05) is 13.7 Å². The number of thioether (sulfide) groups is 1. The van der Waals surface area contributed by atoms with Crippen LogP contribution in [0, 0.1) is 0 Å². The minimum Gasteiger partial charge on any atom is -0.493 e. The number of methoxy groups -OCH3 is 1. The Kier molecular flexibility index (Phi) is 8.42. The molecule has 0 atom stereocenters. The van der Waals surface area contributed by atoms with Gasteiger partial charge in [0.25, 0.3) is 5.91 Å². The first-order valence-electron chi connectivity index (χ1n) is 12.0. The third kappa shape index (κ3) is 5.89. The minimum atomic E-state index is -1.11. The smallest absolute Gasteiger partial charge is 0.341 e. The van der Waals surface area contributed by atoms with E-state index in [4.69, 9.17) is 31.2 Å². The van der Waals surface area contributed by atoms with Crippen molar-refractivity contribution in [3.05, 3.63) is 27.6 Å². The Morgan fingerprint density at radius 2 is 1.85 bits per heavy atom. The van der Waals surface area contributed by atoms with Gasteiger partial charge in [-0.2, -0.15) is 0 Å². The van der Waals surface area contributed by atoms with Crippen LogP contribution in [0.5, 0.6) is 11.5 Å². The topological polar surface area (TPSA) is 88.4 Å². The predicted octanol–water partition coefficient (Wildman–Crippen LogP) is 5.75.